The normalized spacial score (nSPS) is 10.8. The molecule has 0 spiro atoms. The first-order valence-electron chi connectivity index (χ1n) is 9.39. The number of nitrogens with one attached hydrogen (secondary N) is 1. The Balaban J connectivity index is 0.000000945. The largest absolute Gasteiger partial charge is 0.506 e. The van der Waals surface area contributed by atoms with Crippen LogP contribution in [0.5, 0.6) is 5.75 Å². The van der Waals surface area contributed by atoms with Crippen LogP contribution in [0.25, 0.3) is 11.0 Å². The van der Waals surface area contributed by atoms with E-state index >= 15 is 0 Å². The third-order valence-corrected chi connectivity index (χ3v) is 4.24. The summed E-state index contributed by atoms with van der Waals surface area (Å²) in [5.41, 5.74) is -2.19. The lowest BCUT2D eigenvalue weighted by Crippen LogP contribution is -2.36. The number of amides is 1. The van der Waals surface area contributed by atoms with E-state index in [4.69, 9.17) is 15.0 Å². The third kappa shape index (κ3) is 6.31. The number of rotatable bonds is 5. The summed E-state index contributed by atoms with van der Waals surface area (Å²) < 4.78 is 39.3. The van der Waals surface area contributed by atoms with Gasteiger partial charge >= 0.3 is 12.1 Å². The van der Waals surface area contributed by atoms with E-state index in [1.54, 1.807) is 0 Å². The molecule has 13 heteroatoms. The monoisotopic (exact) mass is 481 g/mol. The van der Waals surface area contributed by atoms with Crippen LogP contribution in [0.1, 0.15) is 28.4 Å². The summed E-state index contributed by atoms with van der Waals surface area (Å²) in [5, 5.41) is 28.6. The van der Waals surface area contributed by atoms with Gasteiger partial charge in [-0.25, -0.2) is 4.98 Å². The minimum Gasteiger partial charge on any atom is -0.506 e. The van der Waals surface area contributed by atoms with Gasteiger partial charge in [0, 0.05) is 13.1 Å². The number of benzene rings is 1. The fraction of sp³-hybridized carbons (Fsp3) is 0.190. The van der Waals surface area contributed by atoms with Crippen LogP contribution < -0.4 is 10.9 Å². The standard InChI is InChI=1S/C19H14F3N3O5.C2H4O2/c20-19(21,22)11-5-3-10(4-6-11)9-25-16-12(2-1-7-23-16)15(28)14(18(25)30)17(29)24-8-13(26)27;1-2(3)4/h1-7,28H,8-9H2,(H,24,29)(H,26,27);1H3,(H,3,4). The molecule has 0 aliphatic carbocycles. The van der Waals surface area contributed by atoms with E-state index in [9.17, 15) is 32.7 Å². The Hall–Kier alpha value is -4.42. The topological polar surface area (TPSA) is 159 Å². The molecule has 3 aromatic rings. The molecule has 2 heterocycles. The molecule has 0 saturated heterocycles. The van der Waals surface area contributed by atoms with Gasteiger partial charge in [0.1, 0.15) is 23.5 Å². The first-order valence-corrected chi connectivity index (χ1v) is 9.39. The smallest absolute Gasteiger partial charge is 0.416 e. The predicted molar refractivity (Wildman–Crippen MR) is 111 cm³/mol. The van der Waals surface area contributed by atoms with Crippen molar-refractivity contribution in [1.29, 1.82) is 0 Å². The molecule has 0 aliphatic heterocycles. The molecule has 0 bridgehead atoms. The van der Waals surface area contributed by atoms with E-state index in [2.05, 4.69) is 4.98 Å². The first kappa shape index (κ1) is 25.8. The number of carbonyl (C=O) groups is 3. The number of aromatic nitrogens is 2. The van der Waals surface area contributed by atoms with Crippen molar-refractivity contribution in [2.24, 2.45) is 0 Å². The van der Waals surface area contributed by atoms with Gasteiger partial charge in [0.05, 0.1) is 17.5 Å². The molecule has 180 valence electrons. The lowest BCUT2D eigenvalue weighted by atomic mass is 10.1. The average Bonchev–Trinajstić information content (AvgIpc) is 2.74. The molecular weight excluding hydrogens is 463 g/mol. The van der Waals surface area contributed by atoms with Crippen molar-refractivity contribution in [3.05, 3.63) is 69.6 Å². The summed E-state index contributed by atoms with van der Waals surface area (Å²) in [7, 11) is 0. The Kier molecular flexibility index (Phi) is 7.95. The second kappa shape index (κ2) is 10.5. The molecule has 10 nitrogen and oxygen atoms in total. The number of hydrogen-bond donors (Lipinski definition) is 4. The highest BCUT2D eigenvalue weighted by atomic mass is 19.4. The van der Waals surface area contributed by atoms with E-state index in [1.165, 1.54) is 30.5 Å². The summed E-state index contributed by atoms with van der Waals surface area (Å²) >= 11 is 0. The molecule has 0 atom stereocenters. The fourth-order valence-electron chi connectivity index (χ4n) is 2.84. The number of carbonyl (C=O) groups excluding carboxylic acids is 1. The van der Waals surface area contributed by atoms with Crippen LogP contribution in [-0.2, 0) is 22.3 Å². The molecule has 1 aromatic carbocycles. The van der Waals surface area contributed by atoms with E-state index in [1.807, 2.05) is 5.32 Å². The molecule has 3 rings (SSSR count). The Labute approximate surface area is 188 Å². The number of fused-ring (bicyclic) bond motifs is 1. The van der Waals surface area contributed by atoms with Gasteiger partial charge in [-0.3, -0.25) is 23.7 Å². The van der Waals surface area contributed by atoms with Crippen molar-refractivity contribution in [3.8, 4) is 5.75 Å². The molecule has 34 heavy (non-hydrogen) atoms. The van der Waals surface area contributed by atoms with Crippen LogP contribution in [0.15, 0.2) is 47.4 Å². The molecule has 0 radical (unpaired) electrons. The molecular formula is C21H18F3N3O7. The fourth-order valence-corrected chi connectivity index (χ4v) is 2.84. The van der Waals surface area contributed by atoms with Gasteiger partial charge in [-0.1, -0.05) is 12.1 Å². The van der Waals surface area contributed by atoms with Crippen molar-refractivity contribution < 1.29 is 42.9 Å². The summed E-state index contributed by atoms with van der Waals surface area (Å²) in [5.74, 6) is -3.96. The number of hydrogen-bond acceptors (Lipinski definition) is 6. The summed E-state index contributed by atoms with van der Waals surface area (Å²) in [4.78, 5) is 48.9. The maximum Gasteiger partial charge on any atom is 0.416 e. The second-order valence-corrected chi connectivity index (χ2v) is 6.78. The average molecular weight is 481 g/mol. The Morgan fingerprint density at radius 3 is 2.21 bits per heavy atom. The molecule has 0 fully saturated rings. The molecule has 0 saturated carbocycles. The zero-order chi connectivity index (χ0) is 25.6. The zero-order valence-electron chi connectivity index (χ0n) is 17.5. The number of carboxylic acid groups (broad SMARTS) is 2. The minimum absolute atomic E-state index is 0.00897. The van der Waals surface area contributed by atoms with Crippen molar-refractivity contribution in [3.63, 3.8) is 0 Å². The van der Waals surface area contributed by atoms with E-state index in [0.717, 1.165) is 23.6 Å². The van der Waals surface area contributed by atoms with Gasteiger partial charge in [-0.05, 0) is 29.8 Å². The Morgan fingerprint density at radius 2 is 1.68 bits per heavy atom. The maximum absolute atomic E-state index is 12.9. The lowest BCUT2D eigenvalue weighted by Gasteiger charge is -2.14. The quantitative estimate of drug-likeness (QED) is 0.431. The van der Waals surface area contributed by atoms with E-state index < -0.39 is 53.0 Å². The van der Waals surface area contributed by atoms with E-state index in [-0.39, 0.29) is 17.6 Å². The van der Waals surface area contributed by atoms with Crippen LogP contribution in [-0.4, -0.2) is 49.3 Å². The number of nitrogens with zero attached hydrogens (tertiary/aromatic N) is 2. The van der Waals surface area contributed by atoms with Crippen LogP contribution >= 0.6 is 0 Å². The Bertz CT molecular complexity index is 1280. The van der Waals surface area contributed by atoms with Crippen molar-refractivity contribution in [2.75, 3.05) is 6.54 Å². The van der Waals surface area contributed by atoms with Crippen LogP contribution in [0.2, 0.25) is 0 Å². The first-order chi connectivity index (χ1) is 15.8. The van der Waals surface area contributed by atoms with Crippen molar-refractivity contribution >= 4 is 28.9 Å². The predicted octanol–water partition coefficient (Wildman–Crippen LogP) is 2.07. The number of alkyl halides is 3. The summed E-state index contributed by atoms with van der Waals surface area (Å²) in [6, 6.07) is 6.93. The van der Waals surface area contributed by atoms with Gasteiger partial charge in [-0.2, -0.15) is 13.2 Å². The number of carboxylic acids is 2. The maximum atomic E-state index is 12.9. The summed E-state index contributed by atoms with van der Waals surface area (Å²) in [6.07, 6.45) is -3.17. The van der Waals surface area contributed by atoms with Crippen LogP contribution in [0, 0.1) is 0 Å². The van der Waals surface area contributed by atoms with Crippen molar-refractivity contribution in [1.82, 2.24) is 14.9 Å². The van der Waals surface area contributed by atoms with E-state index in [0.29, 0.717) is 5.56 Å². The van der Waals surface area contributed by atoms with Crippen LogP contribution in [0.3, 0.4) is 0 Å². The van der Waals surface area contributed by atoms with Gasteiger partial charge in [0.25, 0.3) is 17.4 Å². The highest BCUT2D eigenvalue weighted by Gasteiger charge is 2.30. The second-order valence-electron chi connectivity index (χ2n) is 6.78. The molecule has 1 amide bonds. The highest BCUT2D eigenvalue weighted by molar-refractivity contribution is 6.02. The molecule has 0 unspecified atom stereocenters. The molecule has 0 aliphatic rings. The van der Waals surface area contributed by atoms with Crippen molar-refractivity contribution in [2.45, 2.75) is 19.6 Å². The highest BCUT2D eigenvalue weighted by Crippen LogP contribution is 2.29. The molecule has 4 N–H and O–H groups in total. The number of aromatic hydroxyl groups is 1. The number of pyridine rings is 2. The Morgan fingerprint density at radius 1 is 1.09 bits per heavy atom. The summed E-state index contributed by atoms with van der Waals surface area (Å²) in [6.45, 7) is 0.0751. The van der Waals surface area contributed by atoms with Gasteiger partial charge in [0.15, 0.2) is 0 Å². The SMILES string of the molecule is CC(=O)O.O=C(O)CNC(=O)c1c(O)c2cccnc2n(Cc2ccc(C(F)(F)F)cc2)c1=O. The van der Waals surface area contributed by atoms with Crippen LogP contribution in [0.4, 0.5) is 13.2 Å². The minimum atomic E-state index is -4.52. The van der Waals surface area contributed by atoms with Gasteiger partial charge < -0.3 is 20.6 Å². The lowest BCUT2D eigenvalue weighted by molar-refractivity contribution is -0.138. The third-order valence-electron chi connectivity index (χ3n) is 4.24. The van der Waals surface area contributed by atoms with Gasteiger partial charge in [0.2, 0.25) is 0 Å². The molecule has 2 aromatic heterocycles. The number of halogens is 3. The zero-order valence-corrected chi connectivity index (χ0v) is 17.5. The number of aliphatic carboxylic acids is 2. The van der Waals surface area contributed by atoms with Gasteiger partial charge in [-0.15, -0.1) is 0 Å².